The zero-order valence-corrected chi connectivity index (χ0v) is 14.1. The van der Waals surface area contributed by atoms with Gasteiger partial charge in [0.05, 0.1) is 16.7 Å². The molecule has 6 heteroatoms. The number of amides is 3. The Labute approximate surface area is 155 Å². The highest BCUT2D eigenvalue weighted by Gasteiger charge is 2.36. The Bertz CT molecular complexity index is 1010. The van der Waals surface area contributed by atoms with Gasteiger partial charge in [0.2, 0.25) is 0 Å². The van der Waals surface area contributed by atoms with E-state index in [2.05, 4.69) is 5.43 Å². The molecule has 0 aromatic heterocycles. The first kappa shape index (κ1) is 16.5. The molecule has 0 spiro atoms. The van der Waals surface area contributed by atoms with Crippen molar-refractivity contribution < 1.29 is 19.1 Å². The number of rotatable bonds is 4. The van der Waals surface area contributed by atoms with Gasteiger partial charge < -0.3 is 4.74 Å². The lowest BCUT2D eigenvalue weighted by Gasteiger charge is -2.16. The molecule has 1 aliphatic heterocycles. The van der Waals surface area contributed by atoms with Gasteiger partial charge in [-0.25, -0.2) is 0 Å². The van der Waals surface area contributed by atoms with Crippen LogP contribution in [0, 0.1) is 0 Å². The van der Waals surface area contributed by atoms with Crippen LogP contribution < -0.4 is 10.2 Å². The van der Waals surface area contributed by atoms with Crippen molar-refractivity contribution in [3.8, 4) is 11.5 Å². The highest BCUT2D eigenvalue weighted by atomic mass is 16.5. The summed E-state index contributed by atoms with van der Waals surface area (Å²) in [5.41, 5.74) is 3.11. The summed E-state index contributed by atoms with van der Waals surface area (Å²) in [6.45, 7) is 0. The lowest BCUT2D eigenvalue weighted by Crippen LogP contribution is -2.45. The lowest BCUT2D eigenvalue weighted by molar-refractivity contribution is 0.0517. The van der Waals surface area contributed by atoms with Gasteiger partial charge in [-0.05, 0) is 36.4 Å². The molecule has 27 heavy (non-hydrogen) atoms. The minimum atomic E-state index is -0.615. The minimum Gasteiger partial charge on any atom is -0.457 e. The van der Waals surface area contributed by atoms with Gasteiger partial charge in [0, 0.05) is 0 Å². The maximum Gasteiger partial charge on any atom is 0.280 e. The number of carbonyl (C=O) groups excluding carboxylic acids is 3. The van der Waals surface area contributed by atoms with Crippen LogP contribution in [0.1, 0.15) is 31.1 Å². The standard InChI is InChI=1S/C21H14N2O4/c24-19(22-23-20(25)15-10-4-5-11-16(15)21(23)26)17-12-6-7-13-18(17)27-14-8-2-1-3-9-14/h1-13H,(H,22,24). The normalized spacial score (nSPS) is 12.7. The summed E-state index contributed by atoms with van der Waals surface area (Å²) in [7, 11) is 0. The van der Waals surface area contributed by atoms with Crippen molar-refractivity contribution >= 4 is 17.7 Å². The molecule has 4 rings (SSSR count). The van der Waals surface area contributed by atoms with Gasteiger partial charge in [-0.2, -0.15) is 5.01 Å². The summed E-state index contributed by atoms with van der Waals surface area (Å²) in [6, 6.07) is 22.1. The van der Waals surface area contributed by atoms with E-state index >= 15 is 0 Å². The topological polar surface area (TPSA) is 75.7 Å². The van der Waals surface area contributed by atoms with Crippen LogP contribution in [0.5, 0.6) is 11.5 Å². The number of hydrogen-bond donors (Lipinski definition) is 1. The fourth-order valence-corrected chi connectivity index (χ4v) is 2.81. The molecule has 0 radical (unpaired) electrons. The van der Waals surface area contributed by atoms with Gasteiger partial charge in [-0.3, -0.25) is 19.8 Å². The smallest absolute Gasteiger partial charge is 0.280 e. The van der Waals surface area contributed by atoms with E-state index in [1.165, 1.54) is 0 Å². The number of nitrogens with zero attached hydrogens (tertiary/aromatic N) is 1. The number of nitrogens with one attached hydrogen (secondary N) is 1. The lowest BCUT2D eigenvalue weighted by atomic mass is 10.1. The summed E-state index contributed by atoms with van der Waals surface area (Å²) in [6.07, 6.45) is 0. The van der Waals surface area contributed by atoms with Crippen LogP contribution in [-0.4, -0.2) is 22.7 Å². The quantitative estimate of drug-likeness (QED) is 0.725. The molecule has 3 aromatic carbocycles. The zero-order valence-electron chi connectivity index (χ0n) is 14.1. The molecule has 0 aliphatic carbocycles. The summed E-state index contributed by atoms with van der Waals surface area (Å²) in [5, 5.41) is 0.728. The number of fused-ring (bicyclic) bond motifs is 1. The van der Waals surface area contributed by atoms with E-state index in [-0.39, 0.29) is 16.7 Å². The van der Waals surface area contributed by atoms with E-state index in [9.17, 15) is 14.4 Å². The van der Waals surface area contributed by atoms with Gasteiger partial charge in [0.1, 0.15) is 11.5 Å². The molecule has 0 atom stereocenters. The van der Waals surface area contributed by atoms with Crippen molar-refractivity contribution in [1.82, 2.24) is 10.4 Å². The summed E-state index contributed by atoms with van der Waals surface area (Å²) in [5.74, 6) is -0.858. The van der Waals surface area contributed by atoms with Crippen molar-refractivity contribution in [2.75, 3.05) is 0 Å². The Balaban J connectivity index is 1.58. The number of carbonyl (C=O) groups is 3. The number of benzene rings is 3. The minimum absolute atomic E-state index is 0.206. The van der Waals surface area contributed by atoms with Gasteiger partial charge in [0.15, 0.2) is 0 Å². The molecule has 0 bridgehead atoms. The van der Waals surface area contributed by atoms with Gasteiger partial charge >= 0.3 is 0 Å². The summed E-state index contributed by atoms with van der Waals surface area (Å²) < 4.78 is 5.76. The van der Waals surface area contributed by atoms with Crippen LogP contribution in [0.4, 0.5) is 0 Å². The number of imide groups is 1. The Hall–Kier alpha value is -3.93. The van der Waals surface area contributed by atoms with E-state index in [0.29, 0.717) is 11.5 Å². The average molecular weight is 358 g/mol. The van der Waals surface area contributed by atoms with Crippen LogP contribution in [0.2, 0.25) is 0 Å². The first-order chi connectivity index (χ1) is 13.1. The van der Waals surface area contributed by atoms with Crippen LogP contribution in [0.25, 0.3) is 0 Å². The average Bonchev–Trinajstić information content (AvgIpc) is 2.94. The Morgan fingerprint density at radius 2 is 1.30 bits per heavy atom. The van der Waals surface area contributed by atoms with Gasteiger partial charge in [-0.15, -0.1) is 0 Å². The van der Waals surface area contributed by atoms with E-state index in [0.717, 1.165) is 5.01 Å². The van der Waals surface area contributed by atoms with Crippen LogP contribution >= 0.6 is 0 Å². The second kappa shape index (κ2) is 6.76. The Morgan fingerprint density at radius 3 is 1.96 bits per heavy atom. The third-order valence-corrected chi connectivity index (χ3v) is 4.11. The second-order valence-corrected chi connectivity index (χ2v) is 5.84. The van der Waals surface area contributed by atoms with Crippen molar-refractivity contribution in [2.24, 2.45) is 0 Å². The molecule has 0 fully saturated rings. The molecule has 3 amide bonds. The zero-order chi connectivity index (χ0) is 18.8. The van der Waals surface area contributed by atoms with E-state index < -0.39 is 17.7 Å². The third-order valence-electron chi connectivity index (χ3n) is 4.11. The molecular formula is C21H14N2O4. The molecule has 1 N–H and O–H groups in total. The molecule has 0 saturated carbocycles. The number of ether oxygens (including phenoxy) is 1. The maximum atomic E-state index is 12.7. The first-order valence-electron chi connectivity index (χ1n) is 8.26. The van der Waals surface area contributed by atoms with Gasteiger partial charge in [0.25, 0.3) is 17.7 Å². The molecule has 132 valence electrons. The predicted octanol–water partition coefficient (Wildman–Crippen LogP) is 3.42. The Kier molecular flexibility index (Phi) is 4.14. The second-order valence-electron chi connectivity index (χ2n) is 5.84. The number of hydrogen-bond acceptors (Lipinski definition) is 4. The predicted molar refractivity (Wildman–Crippen MR) is 97.4 cm³/mol. The van der Waals surface area contributed by atoms with Crippen LogP contribution in [-0.2, 0) is 0 Å². The van der Waals surface area contributed by atoms with Crippen molar-refractivity contribution in [1.29, 1.82) is 0 Å². The molecule has 3 aromatic rings. The maximum absolute atomic E-state index is 12.7. The largest absolute Gasteiger partial charge is 0.457 e. The summed E-state index contributed by atoms with van der Waals surface area (Å²) in [4.78, 5) is 37.5. The van der Waals surface area contributed by atoms with Crippen molar-refractivity contribution in [3.05, 3.63) is 95.6 Å². The summed E-state index contributed by atoms with van der Waals surface area (Å²) >= 11 is 0. The molecular weight excluding hydrogens is 344 g/mol. The van der Waals surface area contributed by atoms with E-state index in [4.69, 9.17) is 4.74 Å². The monoisotopic (exact) mass is 358 g/mol. The van der Waals surface area contributed by atoms with Crippen LogP contribution in [0.3, 0.4) is 0 Å². The SMILES string of the molecule is O=C(NN1C(=O)c2ccccc2C1=O)c1ccccc1Oc1ccccc1. The highest BCUT2D eigenvalue weighted by Crippen LogP contribution is 2.26. The number of para-hydroxylation sites is 2. The molecule has 0 unspecified atom stereocenters. The van der Waals surface area contributed by atoms with Crippen molar-refractivity contribution in [2.45, 2.75) is 0 Å². The number of hydrazine groups is 1. The fourth-order valence-electron chi connectivity index (χ4n) is 2.81. The molecule has 1 heterocycles. The van der Waals surface area contributed by atoms with Crippen molar-refractivity contribution in [3.63, 3.8) is 0 Å². The molecule has 1 aliphatic rings. The van der Waals surface area contributed by atoms with Gasteiger partial charge in [-0.1, -0.05) is 42.5 Å². The molecule has 6 nitrogen and oxygen atoms in total. The van der Waals surface area contributed by atoms with Crippen LogP contribution in [0.15, 0.2) is 78.9 Å². The van der Waals surface area contributed by atoms with E-state index in [1.807, 2.05) is 18.2 Å². The fraction of sp³-hybridized carbons (Fsp3) is 0. The Morgan fingerprint density at radius 1 is 0.741 bits per heavy atom. The first-order valence-corrected chi connectivity index (χ1v) is 8.26. The molecule has 0 saturated heterocycles. The third kappa shape index (κ3) is 3.04. The highest BCUT2D eigenvalue weighted by molar-refractivity contribution is 6.22. The van der Waals surface area contributed by atoms with E-state index in [1.54, 1.807) is 60.7 Å².